The summed E-state index contributed by atoms with van der Waals surface area (Å²) in [6.45, 7) is 1.64. The van der Waals surface area contributed by atoms with Gasteiger partial charge in [0.1, 0.15) is 5.75 Å². The van der Waals surface area contributed by atoms with Gasteiger partial charge < -0.3 is 15.0 Å². The summed E-state index contributed by atoms with van der Waals surface area (Å²) in [6, 6.07) is 16.3. The third kappa shape index (κ3) is 4.52. The molecule has 0 bridgehead atoms. The maximum absolute atomic E-state index is 12.6. The summed E-state index contributed by atoms with van der Waals surface area (Å²) in [4.78, 5) is 52.4. The van der Waals surface area contributed by atoms with Crippen LogP contribution in [0.15, 0.2) is 59.5 Å². The van der Waals surface area contributed by atoms with Crippen molar-refractivity contribution in [2.75, 3.05) is 24.5 Å². The van der Waals surface area contributed by atoms with Gasteiger partial charge in [0.15, 0.2) is 6.10 Å². The molecule has 0 spiro atoms. The number of carbonyl (C=O) groups excluding carboxylic acids is 4. The summed E-state index contributed by atoms with van der Waals surface area (Å²) in [5.74, 6) is -0.547. The maximum Gasteiger partial charge on any atom is 0.293 e. The number of anilines is 1. The summed E-state index contributed by atoms with van der Waals surface area (Å²) >= 11 is 0.876. The van der Waals surface area contributed by atoms with Crippen LogP contribution in [0.1, 0.15) is 12.5 Å². The summed E-state index contributed by atoms with van der Waals surface area (Å²) in [5, 5.41) is 2.32. The number of imide groups is 1. The first kappa shape index (κ1) is 21.6. The minimum absolute atomic E-state index is 0.0439. The van der Waals surface area contributed by atoms with Crippen LogP contribution < -0.4 is 15.0 Å². The molecule has 4 amide bonds. The molecule has 1 fully saturated rings. The molecule has 0 aromatic heterocycles. The van der Waals surface area contributed by atoms with E-state index in [1.807, 2.05) is 30.3 Å². The lowest BCUT2D eigenvalue weighted by Gasteiger charge is -2.33. The van der Waals surface area contributed by atoms with Crippen LogP contribution in [-0.4, -0.2) is 53.6 Å². The Bertz CT molecular complexity index is 1100. The molecule has 2 aliphatic heterocycles. The van der Waals surface area contributed by atoms with Gasteiger partial charge in [0.05, 0.1) is 17.1 Å². The number of hydrogen-bond acceptors (Lipinski definition) is 6. The zero-order valence-electron chi connectivity index (χ0n) is 17.3. The van der Waals surface area contributed by atoms with Crippen LogP contribution in [0.2, 0.25) is 0 Å². The number of ether oxygens (including phenoxy) is 1. The van der Waals surface area contributed by atoms with Crippen LogP contribution in [0, 0.1) is 0 Å². The van der Waals surface area contributed by atoms with E-state index in [-0.39, 0.29) is 36.7 Å². The van der Waals surface area contributed by atoms with E-state index >= 15 is 0 Å². The second-order valence-corrected chi connectivity index (χ2v) is 8.23. The van der Waals surface area contributed by atoms with Crippen molar-refractivity contribution in [2.24, 2.45) is 0 Å². The van der Waals surface area contributed by atoms with Crippen LogP contribution >= 0.6 is 11.8 Å². The molecular formula is C23H21N3O5S. The van der Waals surface area contributed by atoms with Crippen molar-refractivity contribution >= 4 is 46.5 Å². The molecule has 0 aliphatic carbocycles. The van der Waals surface area contributed by atoms with E-state index in [0.717, 1.165) is 22.2 Å². The SMILES string of the molecule is CC(=O)N1CC(C(=O)NCCN2C(=O)S/C(=C\c3ccccc3)C2=O)Oc2ccccc21. The number of hydrogen-bond donors (Lipinski definition) is 1. The van der Waals surface area contributed by atoms with Gasteiger partial charge in [0.25, 0.3) is 17.1 Å². The van der Waals surface area contributed by atoms with Crippen molar-refractivity contribution in [1.82, 2.24) is 10.2 Å². The van der Waals surface area contributed by atoms with Crippen LogP contribution in [0.5, 0.6) is 5.75 Å². The Morgan fingerprint density at radius 1 is 1.12 bits per heavy atom. The molecule has 1 N–H and O–H groups in total. The molecule has 2 aromatic rings. The van der Waals surface area contributed by atoms with Gasteiger partial charge in [-0.2, -0.15) is 0 Å². The molecule has 1 atom stereocenters. The Morgan fingerprint density at radius 3 is 2.59 bits per heavy atom. The molecule has 2 aliphatic rings. The summed E-state index contributed by atoms with van der Waals surface area (Å²) in [7, 11) is 0. The fourth-order valence-electron chi connectivity index (χ4n) is 3.47. The predicted molar refractivity (Wildman–Crippen MR) is 121 cm³/mol. The molecular weight excluding hydrogens is 430 g/mol. The van der Waals surface area contributed by atoms with Crippen molar-refractivity contribution in [2.45, 2.75) is 13.0 Å². The first-order valence-corrected chi connectivity index (χ1v) is 10.9. The lowest BCUT2D eigenvalue weighted by molar-refractivity contribution is -0.129. The number of amides is 4. The molecule has 0 radical (unpaired) electrons. The molecule has 164 valence electrons. The maximum atomic E-state index is 12.6. The van der Waals surface area contributed by atoms with Crippen LogP contribution in [0.25, 0.3) is 6.08 Å². The van der Waals surface area contributed by atoms with Crippen molar-refractivity contribution in [3.8, 4) is 5.75 Å². The Balaban J connectivity index is 1.35. The first-order chi connectivity index (χ1) is 15.4. The average molecular weight is 452 g/mol. The number of thioether (sulfide) groups is 1. The molecule has 2 heterocycles. The Kier molecular flexibility index (Phi) is 6.27. The van der Waals surface area contributed by atoms with Crippen molar-refractivity contribution in [3.05, 3.63) is 65.1 Å². The van der Waals surface area contributed by atoms with E-state index in [9.17, 15) is 19.2 Å². The van der Waals surface area contributed by atoms with Crippen LogP contribution in [0.4, 0.5) is 10.5 Å². The predicted octanol–water partition coefficient (Wildman–Crippen LogP) is 2.65. The molecule has 0 saturated carbocycles. The number of para-hydroxylation sites is 2. The fraction of sp³-hybridized carbons (Fsp3) is 0.217. The second-order valence-electron chi connectivity index (χ2n) is 7.24. The van der Waals surface area contributed by atoms with Gasteiger partial charge in [0.2, 0.25) is 5.91 Å². The molecule has 1 unspecified atom stereocenters. The highest BCUT2D eigenvalue weighted by Gasteiger charge is 2.36. The number of nitrogens with one attached hydrogen (secondary N) is 1. The van der Waals surface area contributed by atoms with E-state index in [0.29, 0.717) is 16.3 Å². The minimum Gasteiger partial charge on any atom is -0.477 e. The van der Waals surface area contributed by atoms with E-state index in [4.69, 9.17) is 4.74 Å². The fourth-order valence-corrected chi connectivity index (χ4v) is 4.33. The third-order valence-corrected chi connectivity index (χ3v) is 5.96. The number of fused-ring (bicyclic) bond motifs is 1. The Morgan fingerprint density at radius 2 is 1.84 bits per heavy atom. The van der Waals surface area contributed by atoms with Gasteiger partial charge in [-0.1, -0.05) is 42.5 Å². The lowest BCUT2D eigenvalue weighted by atomic mass is 10.1. The standard InChI is InChI=1S/C23H21N3O5S/c1-15(27)26-14-19(31-18-10-6-5-9-17(18)26)21(28)24-11-12-25-22(29)20(32-23(25)30)13-16-7-3-2-4-8-16/h2-10,13,19H,11-12,14H2,1H3,(H,24,28)/b20-13-. The summed E-state index contributed by atoms with van der Waals surface area (Å²) in [5.41, 5.74) is 1.45. The topological polar surface area (TPSA) is 96.0 Å². The van der Waals surface area contributed by atoms with E-state index in [2.05, 4.69) is 5.32 Å². The molecule has 8 nitrogen and oxygen atoms in total. The summed E-state index contributed by atoms with van der Waals surface area (Å²) in [6.07, 6.45) is 0.786. The zero-order chi connectivity index (χ0) is 22.7. The average Bonchev–Trinajstić information content (AvgIpc) is 3.06. The van der Waals surface area contributed by atoms with E-state index in [1.165, 1.54) is 11.8 Å². The van der Waals surface area contributed by atoms with Crippen molar-refractivity contribution in [3.63, 3.8) is 0 Å². The largest absolute Gasteiger partial charge is 0.477 e. The minimum atomic E-state index is -0.887. The quantitative estimate of drug-likeness (QED) is 0.703. The van der Waals surface area contributed by atoms with E-state index < -0.39 is 12.0 Å². The highest BCUT2D eigenvalue weighted by atomic mass is 32.2. The summed E-state index contributed by atoms with van der Waals surface area (Å²) < 4.78 is 5.76. The Hall–Kier alpha value is -3.59. The molecule has 32 heavy (non-hydrogen) atoms. The van der Waals surface area contributed by atoms with Gasteiger partial charge in [0, 0.05) is 20.0 Å². The van der Waals surface area contributed by atoms with Gasteiger partial charge in [-0.3, -0.25) is 24.1 Å². The molecule has 1 saturated heterocycles. The highest BCUT2D eigenvalue weighted by Crippen LogP contribution is 2.33. The van der Waals surface area contributed by atoms with Gasteiger partial charge in [-0.05, 0) is 35.5 Å². The van der Waals surface area contributed by atoms with E-state index in [1.54, 1.807) is 30.3 Å². The first-order valence-electron chi connectivity index (χ1n) is 10.1. The molecule has 4 rings (SSSR count). The zero-order valence-corrected chi connectivity index (χ0v) is 18.1. The van der Waals surface area contributed by atoms with Gasteiger partial charge in [-0.15, -0.1) is 0 Å². The Labute approximate surface area is 189 Å². The van der Waals surface area contributed by atoms with Crippen LogP contribution in [0.3, 0.4) is 0 Å². The number of nitrogens with zero attached hydrogens (tertiary/aromatic N) is 2. The monoisotopic (exact) mass is 451 g/mol. The normalized spacial score (nSPS) is 19.0. The third-order valence-electron chi connectivity index (χ3n) is 5.05. The van der Waals surface area contributed by atoms with Crippen LogP contribution in [-0.2, 0) is 14.4 Å². The van der Waals surface area contributed by atoms with Gasteiger partial charge in [-0.25, -0.2) is 0 Å². The highest BCUT2D eigenvalue weighted by molar-refractivity contribution is 8.18. The molecule has 9 heteroatoms. The second kappa shape index (κ2) is 9.27. The molecule has 2 aromatic carbocycles. The smallest absolute Gasteiger partial charge is 0.293 e. The lowest BCUT2D eigenvalue weighted by Crippen LogP contribution is -2.51. The number of carbonyl (C=O) groups is 4. The number of benzene rings is 2. The van der Waals surface area contributed by atoms with Gasteiger partial charge >= 0.3 is 0 Å². The van der Waals surface area contributed by atoms with Crippen molar-refractivity contribution in [1.29, 1.82) is 0 Å². The van der Waals surface area contributed by atoms with Crippen molar-refractivity contribution < 1.29 is 23.9 Å². The number of rotatable bonds is 5.